The molecule has 18 heavy (non-hydrogen) atoms. The maximum atomic E-state index is 11.6. The number of nitrogens with one attached hydrogen (secondary N) is 2. The van der Waals surface area contributed by atoms with E-state index in [1.807, 2.05) is 37.3 Å². The van der Waals surface area contributed by atoms with E-state index in [9.17, 15) is 4.79 Å². The first kappa shape index (κ1) is 14.7. The Labute approximate surface area is 108 Å². The van der Waals surface area contributed by atoms with E-state index in [4.69, 9.17) is 5.11 Å². The highest BCUT2D eigenvalue weighted by Gasteiger charge is 2.02. The second-order valence-electron chi connectivity index (χ2n) is 4.52. The van der Waals surface area contributed by atoms with Crippen LogP contribution in [0, 0.1) is 5.92 Å². The zero-order valence-corrected chi connectivity index (χ0v) is 10.9. The Hall–Kier alpha value is -1.39. The number of aliphatic hydroxyl groups excluding tert-OH is 1. The lowest BCUT2D eigenvalue weighted by atomic mass is 10.1. The molecule has 4 heteroatoms. The first-order chi connectivity index (χ1) is 8.72. The molecule has 100 valence electrons. The average molecular weight is 250 g/mol. The number of benzene rings is 1. The number of carbonyl (C=O) groups is 1. The molecule has 0 saturated heterocycles. The third-order valence-electron chi connectivity index (χ3n) is 2.71. The van der Waals surface area contributed by atoms with Crippen molar-refractivity contribution in [3.05, 3.63) is 30.3 Å². The molecule has 0 aliphatic heterocycles. The molecule has 0 aromatic heterocycles. The Morgan fingerprint density at radius 2 is 2.06 bits per heavy atom. The van der Waals surface area contributed by atoms with Crippen LogP contribution in [0.1, 0.15) is 19.8 Å². The Kier molecular flexibility index (Phi) is 7.06. The van der Waals surface area contributed by atoms with Crippen LogP contribution < -0.4 is 10.6 Å². The van der Waals surface area contributed by atoms with Crippen molar-refractivity contribution in [3.63, 3.8) is 0 Å². The number of anilines is 1. The smallest absolute Gasteiger partial charge is 0.238 e. The minimum atomic E-state index is -0.0311. The molecule has 1 atom stereocenters. The van der Waals surface area contributed by atoms with E-state index in [1.54, 1.807) is 0 Å². The molecule has 0 saturated carbocycles. The number of carbonyl (C=O) groups excluding carboxylic acids is 1. The van der Waals surface area contributed by atoms with Gasteiger partial charge in [0.25, 0.3) is 0 Å². The number of para-hydroxylation sites is 1. The fourth-order valence-corrected chi connectivity index (χ4v) is 1.60. The van der Waals surface area contributed by atoms with Crippen LogP contribution in [0.2, 0.25) is 0 Å². The first-order valence-electron chi connectivity index (χ1n) is 6.39. The van der Waals surface area contributed by atoms with Gasteiger partial charge in [-0.25, -0.2) is 0 Å². The van der Waals surface area contributed by atoms with E-state index in [0.717, 1.165) is 25.1 Å². The summed E-state index contributed by atoms with van der Waals surface area (Å²) in [7, 11) is 0. The van der Waals surface area contributed by atoms with Gasteiger partial charge in [0.05, 0.1) is 6.54 Å². The number of hydrogen-bond donors (Lipinski definition) is 3. The molecular weight excluding hydrogens is 228 g/mol. The van der Waals surface area contributed by atoms with Gasteiger partial charge in [0.1, 0.15) is 0 Å². The summed E-state index contributed by atoms with van der Waals surface area (Å²) in [5.41, 5.74) is 0.818. The standard InChI is InChI=1S/C14H22N2O2/c1-12(11-17)6-5-9-15-10-14(18)16-13-7-3-2-4-8-13/h2-4,7-8,12,15,17H,5-6,9-11H2,1H3,(H,16,18). The van der Waals surface area contributed by atoms with Crippen molar-refractivity contribution in [1.82, 2.24) is 5.32 Å². The molecule has 0 heterocycles. The fraction of sp³-hybridized carbons (Fsp3) is 0.500. The van der Waals surface area contributed by atoms with E-state index in [2.05, 4.69) is 10.6 Å². The van der Waals surface area contributed by atoms with Crippen molar-refractivity contribution in [2.75, 3.05) is 25.0 Å². The molecular formula is C14H22N2O2. The van der Waals surface area contributed by atoms with Crippen LogP contribution in [-0.4, -0.2) is 30.7 Å². The van der Waals surface area contributed by atoms with Crippen LogP contribution in [0.25, 0.3) is 0 Å². The van der Waals surface area contributed by atoms with Gasteiger partial charge < -0.3 is 15.7 Å². The summed E-state index contributed by atoms with van der Waals surface area (Å²) in [5, 5.41) is 14.8. The Morgan fingerprint density at radius 1 is 1.33 bits per heavy atom. The maximum absolute atomic E-state index is 11.6. The van der Waals surface area contributed by atoms with Gasteiger partial charge in [0.15, 0.2) is 0 Å². The highest BCUT2D eigenvalue weighted by atomic mass is 16.3. The van der Waals surface area contributed by atoms with Crippen molar-refractivity contribution in [3.8, 4) is 0 Å². The number of amides is 1. The number of hydrogen-bond acceptors (Lipinski definition) is 3. The Bertz CT molecular complexity index is 341. The normalized spacial score (nSPS) is 12.1. The molecule has 0 spiro atoms. The minimum absolute atomic E-state index is 0.0311. The summed E-state index contributed by atoms with van der Waals surface area (Å²) in [5.74, 6) is 0.307. The van der Waals surface area contributed by atoms with Crippen LogP contribution in [0.15, 0.2) is 30.3 Å². The third-order valence-corrected chi connectivity index (χ3v) is 2.71. The SMILES string of the molecule is CC(CO)CCCNCC(=O)Nc1ccccc1. The van der Waals surface area contributed by atoms with E-state index in [1.165, 1.54) is 0 Å². The highest BCUT2D eigenvalue weighted by molar-refractivity contribution is 5.92. The van der Waals surface area contributed by atoms with Gasteiger partial charge in [-0.05, 0) is 37.4 Å². The zero-order chi connectivity index (χ0) is 13.2. The zero-order valence-electron chi connectivity index (χ0n) is 10.9. The van der Waals surface area contributed by atoms with E-state index in [-0.39, 0.29) is 12.5 Å². The Balaban J connectivity index is 2.07. The third kappa shape index (κ3) is 6.37. The summed E-state index contributed by atoms with van der Waals surface area (Å²) in [6.07, 6.45) is 1.95. The van der Waals surface area contributed by atoms with Crippen LogP contribution in [0.5, 0.6) is 0 Å². The molecule has 1 amide bonds. The van der Waals surface area contributed by atoms with Crippen molar-refractivity contribution < 1.29 is 9.90 Å². The van der Waals surface area contributed by atoms with E-state index < -0.39 is 0 Å². The lowest BCUT2D eigenvalue weighted by molar-refractivity contribution is -0.115. The second-order valence-corrected chi connectivity index (χ2v) is 4.52. The van der Waals surface area contributed by atoms with Crippen LogP contribution in [0.3, 0.4) is 0 Å². The van der Waals surface area contributed by atoms with Crippen molar-refractivity contribution in [2.45, 2.75) is 19.8 Å². The summed E-state index contributed by atoms with van der Waals surface area (Å²) in [6, 6.07) is 9.41. The molecule has 4 nitrogen and oxygen atoms in total. The van der Waals surface area contributed by atoms with Crippen LogP contribution >= 0.6 is 0 Å². The van der Waals surface area contributed by atoms with E-state index in [0.29, 0.717) is 12.5 Å². The summed E-state index contributed by atoms with van der Waals surface area (Å²) in [4.78, 5) is 11.6. The van der Waals surface area contributed by atoms with Gasteiger partial charge >= 0.3 is 0 Å². The quantitative estimate of drug-likeness (QED) is 0.614. The largest absolute Gasteiger partial charge is 0.396 e. The van der Waals surface area contributed by atoms with Crippen molar-refractivity contribution in [1.29, 1.82) is 0 Å². The summed E-state index contributed by atoms with van der Waals surface area (Å²) in [6.45, 7) is 3.37. The summed E-state index contributed by atoms with van der Waals surface area (Å²) < 4.78 is 0. The van der Waals surface area contributed by atoms with Gasteiger partial charge in [0, 0.05) is 12.3 Å². The predicted octanol–water partition coefficient (Wildman–Crippen LogP) is 1.62. The lowest BCUT2D eigenvalue weighted by Crippen LogP contribution is -2.29. The predicted molar refractivity (Wildman–Crippen MR) is 73.4 cm³/mol. The number of aliphatic hydroxyl groups is 1. The molecule has 0 aliphatic carbocycles. The van der Waals surface area contributed by atoms with Gasteiger partial charge in [-0.15, -0.1) is 0 Å². The molecule has 0 fully saturated rings. The summed E-state index contributed by atoms with van der Waals surface area (Å²) >= 11 is 0. The molecule has 3 N–H and O–H groups in total. The monoisotopic (exact) mass is 250 g/mol. The molecule has 1 aromatic rings. The average Bonchev–Trinajstić information content (AvgIpc) is 2.39. The lowest BCUT2D eigenvalue weighted by Gasteiger charge is -2.08. The van der Waals surface area contributed by atoms with Gasteiger partial charge in [-0.2, -0.15) is 0 Å². The van der Waals surface area contributed by atoms with Crippen molar-refractivity contribution >= 4 is 11.6 Å². The Morgan fingerprint density at radius 3 is 2.72 bits per heavy atom. The van der Waals surface area contributed by atoms with Gasteiger partial charge in [0.2, 0.25) is 5.91 Å². The van der Waals surface area contributed by atoms with Crippen LogP contribution in [-0.2, 0) is 4.79 Å². The molecule has 0 aliphatic rings. The number of rotatable bonds is 8. The molecule has 1 rings (SSSR count). The molecule has 0 bridgehead atoms. The minimum Gasteiger partial charge on any atom is -0.396 e. The van der Waals surface area contributed by atoms with Gasteiger partial charge in [-0.1, -0.05) is 25.1 Å². The molecule has 1 aromatic carbocycles. The topological polar surface area (TPSA) is 61.4 Å². The maximum Gasteiger partial charge on any atom is 0.238 e. The molecule has 1 unspecified atom stereocenters. The first-order valence-corrected chi connectivity index (χ1v) is 6.39. The highest BCUT2D eigenvalue weighted by Crippen LogP contribution is 2.04. The van der Waals surface area contributed by atoms with Gasteiger partial charge in [-0.3, -0.25) is 4.79 Å². The van der Waals surface area contributed by atoms with Crippen LogP contribution in [0.4, 0.5) is 5.69 Å². The molecule has 0 radical (unpaired) electrons. The fourth-order valence-electron chi connectivity index (χ4n) is 1.60. The van der Waals surface area contributed by atoms with Crippen molar-refractivity contribution in [2.24, 2.45) is 5.92 Å². The second kappa shape index (κ2) is 8.66. The van der Waals surface area contributed by atoms with E-state index >= 15 is 0 Å².